The minimum absolute atomic E-state index is 0.106. The predicted molar refractivity (Wildman–Crippen MR) is 107 cm³/mol. The van der Waals surface area contributed by atoms with Crippen LogP contribution >= 0.6 is 0 Å². The highest BCUT2D eigenvalue weighted by molar-refractivity contribution is 5.93. The van der Waals surface area contributed by atoms with E-state index in [4.69, 9.17) is 22.8 Å². The van der Waals surface area contributed by atoms with E-state index < -0.39 is 18.6 Å². The van der Waals surface area contributed by atoms with Crippen molar-refractivity contribution in [3.05, 3.63) is 29.3 Å². The summed E-state index contributed by atoms with van der Waals surface area (Å²) in [4.78, 5) is 11.0. The lowest BCUT2D eigenvalue weighted by molar-refractivity contribution is -0.169. The number of anilines is 1. The van der Waals surface area contributed by atoms with Gasteiger partial charge >= 0.3 is 0 Å². The molecule has 9 heteroatoms. The van der Waals surface area contributed by atoms with E-state index in [1.165, 1.54) is 6.07 Å². The molecule has 2 saturated heterocycles. The number of hydrogen-bond donors (Lipinski definition) is 0. The maximum Gasteiger partial charge on any atom is 0.261 e. The Morgan fingerprint density at radius 1 is 1.17 bits per heavy atom. The van der Waals surface area contributed by atoms with Crippen molar-refractivity contribution < 1.29 is 27.2 Å². The molecule has 3 aromatic rings. The van der Waals surface area contributed by atoms with E-state index in [9.17, 15) is 0 Å². The third kappa shape index (κ3) is 3.09. The highest BCUT2D eigenvalue weighted by Gasteiger charge is 2.41. The van der Waals surface area contributed by atoms with Gasteiger partial charge in [0.15, 0.2) is 17.4 Å². The molecule has 0 unspecified atom stereocenters. The third-order valence-corrected chi connectivity index (χ3v) is 5.75. The van der Waals surface area contributed by atoms with Crippen LogP contribution in [0.2, 0.25) is 0 Å². The van der Waals surface area contributed by atoms with Crippen LogP contribution in [0.25, 0.3) is 22.4 Å². The molecular formula is C21H23FN4O4. The molecule has 8 nitrogen and oxygen atoms in total. The number of hydrogen-bond acceptors (Lipinski definition) is 8. The fourth-order valence-corrected chi connectivity index (χ4v) is 4.23. The van der Waals surface area contributed by atoms with E-state index >= 15 is 4.39 Å². The van der Waals surface area contributed by atoms with Gasteiger partial charge in [-0.1, -0.05) is 5.16 Å². The van der Waals surface area contributed by atoms with Crippen LogP contribution < -0.4 is 9.64 Å². The van der Waals surface area contributed by atoms with E-state index in [1.54, 1.807) is 13.8 Å². The molecule has 2 aromatic heterocycles. The Bertz CT molecular complexity index is 1200. The monoisotopic (exact) mass is 417 g/mol. The van der Waals surface area contributed by atoms with Crippen LogP contribution in [0, 0.1) is 19.7 Å². The number of methoxy groups -OCH3 is 1. The Labute approximate surface area is 177 Å². The second kappa shape index (κ2) is 7.17. The Hall–Kier alpha value is -2.78. The van der Waals surface area contributed by atoms with Crippen LogP contribution in [0.1, 0.15) is 28.3 Å². The highest BCUT2D eigenvalue weighted by atomic mass is 19.1. The molecule has 0 aliphatic carbocycles. The van der Waals surface area contributed by atoms with Gasteiger partial charge in [-0.05, 0) is 25.5 Å². The molecule has 4 heterocycles. The summed E-state index contributed by atoms with van der Waals surface area (Å²) in [6.07, 6.45) is 1.28. The van der Waals surface area contributed by atoms with Crippen LogP contribution in [-0.2, 0) is 9.47 Å². The molecule has 0 bridgehead atoms. The molecule has 0 radical (unpaired) electrons. The Kier molecular flexibility index (Phi) is 3.82. The molecule has 158 valence electrons. The van der Waals surface area contributed by atoms with E-state index in [-0.39, 0.29) is 17.2 Å². The van der Waals surface area contributed by atoms with Gasteiger partial charge in [0, 0.05) is 37.4 Å². The molecule has 0 N–H and O–H groups in total. The second-order valence-corrected chi connectivity index (χ2v) is 7.58. The van der Waals surface area contributed by atoms with E-state index in [1.807, 2.05) is 4.90 Å². The van der Waals surface area contributed by atoms with Gasteiger partial charge in [-0.25, -0.2) is 9.37 Å². The summed E-state index contributed by atoms with van der Waals surface area (Å²) in [5.74, 6) is -0.144. The van der Waals surface area contributed by atoms with Gasteiger partial charge < -0.3 is 23.6 Å². The van der Waals surface area contributed by atoms with Crippen molar-refractivity contribution in [2.45, 2.75) is 32.5 Å². The van der Waals surface area contributed by atoms with Crippen molar-refractivity contribution in [2.24, 2.45) is 0 Å². The van der Waals surface area contributed by atoms with Crippen LogP contribution in [0.15, 0.2) is 16.7 Å². The third-order valence-electron chi connectivity index (χ3n) is 5.75. The van der Waals surface area contributed by atoms with Crippen LogP contribution in [0.4, 0.5) is 10.2 Å². The van der Waals surface area contributed by atoms with Crippen molar-refractivity contribution in [1.29, 1.82) is 0 Å². The number of aryl methyl sites for hydroxylation is 2. The lowest BCUT2D eigenvalue weighted by Crippen LogP contribution is -2.45. The summed E-state index contributed by atoms with van der Waals surface area (Å²) in [6, 6.07) is 2.50. The van der Waals surface area contributed by atoms with Gasteiger partial charge in [0.05, 0.1) is 29.9 Å². The summed E-state index contributed by atoms with van der Waals surface area (Å²) in [5, 5.41) is 4.30. The molecule has 2 fully saturated rings. The fraction of sp³-hybridized carbons (Fsp3) is 0.476. The Balaban J connectivity index is 1.63. The molecule has 2 aliphatic heterocycles. The largest absolute Gasteiger partial charge is 0.497 e. The second-order valence-electron chi connectivity index (χ2n) is 7.58. The first-order valence-corrected chi connectivity index (χ1v) is 9.81. The first-order chi connectivity index (χ1) is 15.6. The Morgan fingerprint density at radius 2 is 1.93 bits per heavy atom. The minimum Gasteiger partial charge on any atom is -0.497 e. The van der Waals surface area contributed by atoms with Crippen molar-refractivity contribution in [1.82, 2.24) is 15.1 Å². The number of nitrogens with zero attached hydrogens (tertiary/aromatic N) is 4. The van der Waals surface area contributed by atoms with Crippen molar-refractivity contribution in [2.75, 3.05) is 38.2 Å². The zero-order valence-corrected chi connectivity index (χ0v) is 16.7. The summed E-state index contributed by atoms with van der Waals surface area (Å²) in [5.41, 5.74) is 1.30. The van der Waals surface area contributed by atoms with Gasteiger partial charge in [-0.15, -0.1) is 0 Å². The summed E-state index contributed by atoms with van der Waals surface area (Å²) in [6.45, 7) is 5.81. The Morgan fingerprint density at radius 3 is 2.60 bits per heavy atom. The van der Waals surface area contributed by atoms with Crippen LogP contribution in [-0.4, -0.2) is 54.3 Å². The van der Waals surface area contributed by atoms with Crippen LogP contribution in [0.3, 0.4) is 0 Å². The predicted octanol–water partition coefficient (Wildman–Crippen LogP) is 3.39. The van der Waals surface area contributed by atoms with Crippen LogP contribution in [0.5, 0.6) is 5.75 Å². The fourth-order valence-electron chi connectivity index (χ4n) is 4.23. The molecule has 0 saturated carbocycles. The van der Waals surface area contributed by atoms with Gasteiger partial charge in [-0.3, -0.25) is 0 Å². The minimum atomic E-state index is -2.71. The molecule has 1 spiro atoms. The summed E-state index contributed by atoms with van der Waals surface area (Å²) >= 11 is 0. The lowest BCUT2D eigenvalue weighted by atomic mass is 9.99. The molecule has 1 aromatic carbocycles. The zero-order chi connectivity index (χ0) is 23.4. The molecule has 0 amide bonds. The highest BCUT2D eigenvalue weighted by Crippen LogP contribution is 2.40. The first-order valence-electron chi connectivity index (χ1n) is 11.3. The molecule has 2 aliphatic rings. The maximum atomic E-state index is 15.1. The van der Waals surface area contributed by atoms with E-state index in [0.29, 0.717) is 67.3 Å². The average Bonchev–Trinajstić information content (AvgIpc) is 3.37. The number of rotatable bonds is 3. The number of piperidine rings is 1. The topological polar surface area (TPSA) is 82.7 Å². The number of ether oxygens (including phenoxy) is 3. The van der Waals surface area contributed by atoms with E-state index in [2.05, 4.69) is 15.1 Å². The normalized spacial score (nSPS) is 20.4. The number of pyridine rings is 1. The maximum absolute atomic E-state index is 15.1. The number of fused-ring (bicyclic) bond motifs is 1. The van der Waals surface area contributed by atoms with Crippen molar-refractivity contribution in [3.8, 4) is 17.2 Å². The SMILES string of the molecule is [2H]C([2H])([2H])Oc1cc(F)c2nc(N3CCC4(CC3)OCCO4)c(-c3nc(C)no3)c(C)c2c1. The molecule has 30 heavy (non-hydrogen) atoms. The van der Waals surface area contributed by atoms with Gasteiger partial charge in [0.25, 0.3) is 5.89 Å². The first kappa shape index (κ1) is 16.0. The summed E-state index contributed by atoms with van der Waals surface area (Å²) in [7, 11) is -2.71. The standard InChI is InChI=1S/C21H23FN4O4/c1-12-15-10-14(27-3)11-16(22)18(15)24-19(17(12)20-23-13(2)25-30-20)26-6-4-21(5-7-26)28-8-9-29-21/h10-11H,4-9H2,1-3H3/i3D3. The van der Waals surface area contributed by atoms with Crippen molar-refractivity contribution in [3.63, 3.8) is 0 Å². The molecular weight excluding hydrogens is 391 g/mol. The lowest BCUT2D eigenvalue weighted by Gasteiger charge is -2.38. The van der Waals surface area contributed by atoms with Gasteiger partial charge in [0.1, 0.15) is 17.1 Å². The molecule has 0 atom stereocenters. The summed E-state index contributed by atoms with van der Waals surface area (Å²) < 4.78 is 59.1. The van der Waals surface area contributed by atoms with E-state index in [0.717, 1.165) is 6.07 Å². The number of halogens is 1. The molecule has 5 rings (SSSR count). The average molecular weight is 417 g/mol. The number of aromatic nitrogens is 3. The van der Waals surface area contributed by atoms with Gasteiger partial charge in [0.2, 0.25) is 0 Å². The van der Waals surface area contributed by atoms with Crippen molar-refractivity contribution >= 4 is 16.7 Å². The quantitative estimate of drug-likeness (QED) is 0.641. The van der Waals surface area contributed by atoms with Gasteiger partial charge in [-0.2, -0.15) is 4.98 Å². The number of benzene rings is 1. The smallest absolute Gasteiger partial charge is 0.261 e. The zero-order valence-electron chi connectivity index (χ0n) is 19.7.